The molecule has 1 fully saturated rings. The summed E-state index contributed by atoms with van der Waals surface area (Å²) >= 11 is 3.28. The fourth-order valence-electron chi connectivity index (χ4n) is 1.78. The summed E-state index contributed by atoms with van der Waals surface area (Å²) in [7, 11) is 0. The molecule has 19 heavy (non-hydrogen) atoms. The summed E-state index contributed by atoms with van der Waals surface area (Å²) in [4.78, 5) is 5.35. The second-order valence-electron chi connectivity index (χ2n) is 4.64. The zero-order chi connectivity index (χ0) is 13.1. The van der Waals surface area contributed by atoms with Crippen LogP contribution in [0.15, 0.2) is 22.0 Å². The number of aliphatic hydroxyl groups excluding tert-OH is 1. The largest absolute Gasteiger partial charge is 0.396 e. The van der Waals surface area contributed by atoms with Crippen LogP contribution in [0, 0.1) is 5.41 Å². The Morgan fingerprint density at radius 2 is 2.37 bits per heavy atom. The van der Waals surface area contributed by atoms with Crippen LogP contribution in [0.2, 0.25) is 0 Å². The maximum Gasteiger partial charge on any atom is 0.268 e. The first kappa shape index (κ1) is 13.1. The van der Waals surface area contributed by atoms with Crippen molar-refractivity contribution in [3.63, 3.8) is 0 Å². The van der Waals surface area contributed by atoms with Gasteiger partial charge in [0.05, 0.1) is 30.5 Å². The Balaban J connectivity index is 1.53. The third-order valence-electron chi connectivity index (χ3n) is 2.99. The maximum atomic E-state index is 9.32. The first-order valence-electron chi connectivity index (χ1n) is 5.94. The van der Waals surface area contributed by atoms with Crippen molar-refractivity contribution in [2.24, 2.45) is 5.41 Å². The van der Waals surface area contributed by atoms with E-state index in [1.54, 1.807) is 23.1 Å². The summed E-state index contributed by atoms with van der Waals surface area (Å²) in [5.41, 5.74) is -0.0645. The number of hydrogen-bond acceptors (Lipinski definition) is 7. The molecule has 0 aromatic carbocycles. The molecule has 2 aromatic heterocycles. The number of aromatic nitrogens is 2. The van der Waals surface area contributed by atoms with E-state index >= 15 is 0 Å². The Morgan fingerprint density at radius 1 is 1.47 bits per heavy atom. The van der Waals surface area contributed by atoms with Crippen molar-refractivity contribution in [3.05, 3.63) is 23.3 Å². The number of aliphatic hydroxyl groups is 1. The highest BCUT2D eigenvalue weighted by molar-refractivity contribution is 7.98. The molecule has 1 saturated heterocycles. The van der Waals surface area contributed by atoms with E-state index in [0.29, 0.717) is 30.7 Å². The molecular weight excluding hydrogens is 284 g/mol. The predicted octanol–water partition coefficient (Wildman–Crippen LogP) is 2.04. The zero-order valence-electron chi connectivity index (χ0n) is 10.2. The summed E-state index contributed by atoms with van der Waals surface area (Å²) in [5, 5.41) is 15.3. The van der Waals surface area contributed by atoms with E-state index in [0.717, 1.165) is 10.6 Å². The first-order chi connectivity index (χ1) is 9.31. The number of thiophene rings is 1. The maximum absolute atomic E-state index is 9.32. The SMILES string of the molecule is OCC1(CSCc2noc(-c3cccs3)n2)COC1. The lowest BCUT2D eigenvalue weighted by molar-refractivity contribution is -0.121. The lowest BCUT2D eigenvalue weighted by Crippen LogP contribution is -2.47. The molecular formula is C12H14N2O3S2. The van der Waals surface area contributed by atoms with Gasteiger partial charge in [0.2, 0.25) is 0 Å². The molecule has 102 valence electrons. The van der Waals surface area contributed by atoms with Crippen LogP contribution >= 0.6 is 23.1 Å². The molecule has 1 aliphatic heterocycles. The predicted molar refractivity (Wildman–Crippen MR) is 74.1 cm³/mol. The number of nitrogens with zero attached hydrogens (tertiary/aromatic N) is 2. The molecule has 0 aliphatic carbocycles. The highest BCUT2D eigenvalue weighted by Crippen LogP contribution is 2.32. The van der Waals surface area contributed by atoms with Gasteiger partial charge < -0.3 is 14.4 Å². The van der Waals surface area contributed by atoms with Crippen molar-refractivity contribution in [1.29, 1.82) is 0 Å². The van der Waals surface area contributed by atoms with Crippen molar-refractivity contribution in [3.8, 4) is 10.8 Å². The number of thioether (sulfide) groups is 1. The monoisotopic (exact) mass is 298 g/mol. The number of ether oxygens (including phenoxy) is 1. The minimum Gasteiger partial charge on any atom is -0.396 e. The summed E-state index contributed by atoms with van der Waals surface area (Å²) in [6, 6.07) is 3.92. The van der Waals surface area contributed by atoms with Crippen LogP contribution in [-0.2, 0) is 10.5 Å². The van der Waals surface area contributed by atoms with Gasteiger partial charge in [-0.15, -0.1) is 11.3 Å². The van der Waals surface area contributed by atoms with E-state index in [2.05, 4.69) is 10.1 Å². The minimum absolute atomic E-state index is 0.0645. The van der Waals surface area contributed by atoms with Crippen molar-refractivity contribution in [2.75, 3.05) is 25.6 Å². The Morgan fingerprint density at radius 3 is 3.00 bits per heavy atom. The standard InChI is InChI=1S/C12H14N2O3S2/c15-5-12(6-16-7-12)8-18-4-10-13-11(17-14-10)9-2-1-3-19-9/h1-3,15H,4-8H2. The third-order valence-corrected chi connectivity index (χ3v) is 5.13. The van der Waals surface area contributed by atoms with Crippen LogP contribution < -0.4 is 0 Å². The van der Waals surface area contributed by atoms with E-state index in [1.807, 2.05) is 17.5 Å². The molecule has 0 radical (unpaired) electrons. The lowest BCUT2D eigenvalue weighted by atomic mass is 9.90. The van der Waals surface area contributed by atoms with Gasteiger partial charge in [-0.2, -0.15) is 16.7 Å². The van der Waals surface area contributed by atoms with Crippen LogP contribution in [0.5, 0.6) is 0 Å². The Bertz CT molecular complexity index is 517. The molecule has 0 unspecified atom stereocenters. The first-order valence-corrected chi connectivity index (χ1v) is 7.98. The molecule has 7 heteroatoms. The summed E-state index contributed by atoms with van der Waals surface area (Å²) in [5.74, 6) is 2.82. The molecule has 0 spiro atoms. The molecule has 1 aliphatic rings. The van der Waals surface area contributed by atoms with Crippen LogP contribution in [0.3, 0.4) is 0 Å². The zero-order valence-corrected chi connectivity index (χ0v) is 11.9. The normalized spacial score (nSPS) is 17.3. The van der Waals surface area contributed by atoms with Gasteiger partial charge in [0.25, 0.3) is 5.89 Å². The molecule has 5 nitrogen and oxygen atoms in total. The lowest BCUT2D eigenvalue weighted by Gasteiger charge is -2.39. The second kappa shape index (κ2) is 5.62. The summed E-state index contributed by atoms with van der Waals surface area (Å²) < 4.78 is 10.4. The van der Waals surface area contributed by atoms with Crippen molar-refractivity contribution >= 4 is 23.1 Å². The molecule has 0 bridgehead atoms. The van der Waals surface area contributed by atoms with Crippen LogP contribution in [0.25, 0.3) is 10.8 Å². The average molecular weight is 298 g/mol. The van der Waals surface area contributed by atoms with Crippen LogP contribution in [0.1, 0.15) is 5.82 Å². The van der Waals surface area contributed by atoms with Crippen molar-refractivity contribution in [1.82, 2.24) is 10.1 Å². The van der Waals surface area contributed by atoms with E-state index in [4.69, 9.17) is 9.26 Å². The van der Waals surface area contributed by atoms with Gasteiger partial charge in [-0.3, -0.25) is 0 Å². The van der Waals surface area contributed by atoms with Gasteiger partial charge in [0.1, 0.15) is 0 Å². The van der Waals surface area contributed by atoms with E-state index in [1.165, 1.54) is 0 Å². The smallest absolute Gasteiger partial charge is 0.268 e. The molecule has 1 N–H and O–H groups in total. The number of rotatable bonds is 6. The third kappa shape index (κ3) is 2.84. The molecule has 3 heterocycles. The topological polar surface area (TPSA) is 68.4 Å². The molecule has 2 aromatic rings. The molecule has 0 atom stereocenters. The summed E-state index contributed by atoms with van der Waals surface area (Å²) in [6.45, 7) is 1.46. The average Bonchev–Trinajstić information content (AvgIpc) is 3.02. The Hall–Kier alpha value is -0.890. The van der Waals surface area contributed by atoms with Gasteiger partial charge in [0.15, 0.2) is 5.82 Å². The van der Waals surface area contributed by atoms with Gasteiger partial charge in [-0.05, 0) is 11.4 Å². The Labute approximate surface area is 119 Å². The fraction of sp³-hybridized carbons (Fsp3) is 0.500. The second-order valence-corrected chi connectivity index (χ2v) is 6.57. The Kier molecular flexibility index (Phi) is 3.88. The highest BCUT2D eigenvalue weighted by atomic mass is 32.2. The van der Waals surface area contributed by atoms with Gasteiger partial charge in [-0.1, -0.05) is 11.2 Å². The highest BCUT2D eigenvalue weighted by Gasteiger charge is 2.37. The van der Waals surface area contributed by atoms with Crippen molar-refractivity contribution in [2.45, 2.75) is 5.75 Å². The minimum atomic E-state index is -0.0645. The van der Waals surface area contributed by atoms with Gasteiger partial charge >= 0.3 is 0 Å². The van der Waals surface area contributed by atoms with Gasteiger partial charge in [0, 0.05) is 11.2 Å². The molecule has 3 rings (SSSR count). The van der Waals surface area contributed by atoms with E-state index < -0.39 is 0 Å². The van der Waals surface area contributed by atoms with Gasteiger partial charge in [-0.25, -0.2) is 0 Å². The van der Waals surface area contributed by atoms with Crippen LogP contribution in [0.4, 0.5) is 0 Å². The molecule has 0 saturated carbocycles. The number of hydrogen-bond donors (Lipinski definition) is 1. The quantitative estimate of drug-likeness (QED) is 0.880. The van der Waals surface area contributed by atoms with Crippen molar-refractivity contribution < 1.29 is 14.4 Å². The summed E-state index contributed by atoms with van der Waals surface area (Å²) in [6.07, 6.45) is 0. The fourth-order valence-corrected chi connectivity index (χ4v) is 3.52. The molecule has 0 amide bonds. The van der Waals surface area contributed by atoms with Crippen LogP contribution in [-0.4, -0.2) is 40.8 Å². The van der Waals surface area contributed by atoms with E-state index in [9.17, 15) is 5.11 Å². The van der Waals surface area contributed by atoms with E-state index in [-0.39, 0.29) is 12.0 Å².